The lowest BCUT2D eigenvalue weighted by Crippen LogP contribution is -2.33. The Morgan fingerprint density at radius 2 is 2.18 bits per heavy atom. The van der Waals surface area contributed by atoms with Crippen LogP contribution in [0.4, 0.5) is 15.9 Å². The number of allylic oxidation sites excluding steroid dienone is 4. The van der Waals surface area contributed by atoms with E-state index in [0.717, 1.165) is 25.7 Å². The number of hydrogen-bond acceptors (Lipinski definition) is 5. The Balaban J connectivity index is 1.86. The number of nitrogens with zero attached hydrogens (tertiary/aromatic N) is 4. The highest BCUT2D eigenvalue weighted by Crippen LogP contribution is 2.40. The molecule has 0 radical (unpaired) electrons. The Morgan fingerprint density at radius 3 is 3.00 bits per heavy atom. The van der Waals surface area contributed by atoms with Crippen LogP contribution >= 0.6 is 0 Å². The normalized spacial score (nSPS) is 22.8. The first kappa shape index (κ1) is 19.9. The van der Waals surface area contributed by atoms with Gasteiger partial charge in [0.15, 0.2) is 5.82 Å². The summed E-state index contributed by atoms with van der Waals surface area (Å²) in [6.07, 6.45) is 13.6. The van der Waals surface area contributed by atoms with Crippen molar-refractivity contribution < 1.29 is 9.18 Å². The van der Waals surface area contributed by atoms with Crippen LogP contribution in [0.1, 0.15) is 51.1 Å². The summed E-state index contributed by atoms with van der Waals surface area (Å²) in [5, 5.41) is 2.94. The molecule has 3 heterocycles. The molecule has 1 aromatic heterocycles. The zero-order valence-electron chi connectivity index (χ0n) is 16.4. The number of halogens is 1. The highest BCUT2D eigenvalue weighted by molar-refractivity contribution is 6.42. The van der Waals surface area contributed by atoms with Crippen molar-refractivity contribution in [3.05, 3.63) is 48.4 Å². The lowest BCUT2D eigenvalue weighted by molar-refractivity contribution is -0.114. The van der Waals surface area contributed by atoms with Crippen molar-refractivity contribution >= 4 is 23.1 Å². The van der Waals surface area contributed by atoms with Crippen molar-refractivity contribution in [1.29, 1.82) is 0 Å². The van der Waals surface area contributed by atoms with Gasteiger partial charge in [0, 0.05) is 25.2 Å². The minimum atomic E-state index is -0.372. The molecule has 0 bridgehead atoms. The molecule has 2 aliphatic rings. The average Bonchev–Trinajstić information content (AvgIpc) is 3.08. The number of aliphatic imine (C=N–C) groups is 1. The van der Waals surface area contributed by atoms with E-state index in [1.165, 1.54) is 18.6 Å². The predicted molar refractivity (Wildman–Crippen MR) is 110 cm³/mol. The third-order valence-electron chi connectivity index (χ3n) is 4.77. The van der Waals surface area contributed by atoms with Crippen LogP contribution in [-0.4, -0.2) is 34.7 Å². The van der Waals surface area contributed by atoms with Gasteiger partial charge in [-0.15, -0.1) is 0 Å². The molecule has 7 heteroatoms. The van der Waals surface area contributed by atoms with Crippen LogP contribution in [0.5, 0.6) is 0 Å². The number of carbonyl (C=O) groups excluding carboxylic acids is 1. The number of nitrogens with one attached hydrogen (secondary N) is 1. The van der Waals surface area contributed by atoms with E-state index in [4.69, 9.17) is 0 Å². The minimum absolute atomic E-state index is 0.176. The molecule has 0 spiro atoms. The molecule has 148 valence electrons. The monoisotopic (exact) mass is 383 g/mol. The summed E-state index contributed by atoms with van der Waals surface area (Å²) in [4.78, 5) is 27.6. The van der Waals surface area contributed by atoms with Crippen molar-refractivity contribution in [1.82, 2.24) is 15.3 Å². The first-order chi connectivity index (χ1) is 13.6. The zero-order chi connectivity index (χ0) is 19.9. The number of hydrogen-bond donors (Lipinski definition) is 1. The van der Waals surface area contributed by atoms with E-state index in [-0.39, 0.29) is 17.7 Å². The average molecular weight is 383 g/mol. The van der Waals surface area contributed by atoms with Gasteiger partial charge in [-0.3, -0.25) is 4.79 Å². The van der Waals surface area contributed by atoms with E-state index < -0.39 is 0 Å². The fourth-order valence-electron chi connectivity index (χ4n) is 3.24. The molecule has 0 saturated carbocycles. The van der Waals surface area contributed by atoms with Crippen LogP contribution in [0.2, 0.25) is 0 Å². The molecule has 1 unspecified atom stereocenters. The number of anilines is 1. The molecular formula is C21H26FN5O. The molecule has 6 nitrogen and oxygen atoms in total. The van der Waals surface area contributed by atoms with Crippen molar-refractivity contribution in [3.8, 4) is 0 Å². The highest BCUT2D eigenvalue weighted by atomic mass is 19.1. The Hall–Kier alpha value is -2.83. The van der Waals surface area contributed by atoms with E-state index in [2.05, 4.69) is 27.2 Å². The summed E-state index contributed by atoms with van der Waals surface area (Å²) < 4.78 is 14.1. The van der Waals surface area contributed by atoms with E-state index in [1.54, 1.807) is 11.0 Å². The zero-order valence-corrected chi connectivity index (χ0v) is 16.4. The highest BCUT2D eigenvalue weighted by Gasteiger charge is 2.32. The molecular weight excluding hydrogens is 357 g/mol. The van der Waals surface area contributed by atoms with E-state index in [1.807, 2.05) is 19.1 Å². The van der Waals surface area contributed by atoms with E-state index in [0.29, 0.717) is 36.0 Å². The largest absolute Gasteiger partial charge is 0.351 e. The molecule has 2 aliphatic heterocycles. The molecule has 0 saturated heterocycles. The van der Waals surface area contributed by atoms with Gasteiger partial charge in [0.25, 0.3) is 5.91 Å². The maximum atomic E-state index is 14.1. The second-order valence-corrected chi connectivity index (χ2v) is 6.90. The standard InChI is InChI=1S/C21H26FN5O/c1-3-4-8-11-23-21(28)18-15(2)17-19(26-18)20(25-14-24-17)27-12-9-6-5-7-10-16(22)13-27/h5-7,10,13-15H,3-4,8-9,11-12H2,1-2H3,(H,23,28)/b6-5+,10-7-,16-13-. The second-order valence-electron chi connectivity index (χ2n) is 6.90. The van der Waals surface area contributed by atoms with Crippen LogP contribution in [-0.2, 0) is 4.79 Å². The van der Waals surface area contributed by atoms with Crippen LogP contribution in [0.25, 0.3) is 0 Å². The van der Waals surface area contributed by atoms with Crippen molar-refractivity contribution in [2.24, 2.45) is 4.99 Å². The Morgan fingerprint density at radius 1 is 1.32 bits per heavy atom. The third kappa shape index (κ3) is 4.52. The summed E-state index contributed by atoms with van der Waals surface area (Å²) in [5.41, 5.74) is 1.68. The Labute approximate surface area is 165 Å². The molecule has 1 atom stereocenters. The van der Waals surface area contributed by atoms with Crippen LogP contribution in [0, 0.1) is 0 Å². The smallest absolute Gasteiger partial charge is 0.266 e. The Bertz CT molecular complexity index is 843. The molecule has 3 rings (SSSR count). The second kappa shape index (κ2) is 9.39. The summed E-state index contributed by atoms with van der Waals surface area (Å²) >= 11 is 0. The predicted octanol–water partition coefficient (Wildman–Crippen LogP) is 4.11. The van der Waals surface area contributed by atoms with Gasteiger partial charge in [0.05, 0.1) is 5.69 Å². The Kier molecular flexibility index (Phi) is 6.68. The molecule has 1 N–H and O–H groups in total. The number of aromatic nitrogens is 2. The van der Waals surface area contributed by atoms with Gasteiger partial charge in [-0.05, 0) is 18.9 Å². The number of carbonyl (C=O) groups is 1. The molecule has 1 aromatic rings. The van der Waals surface area contributed by atoms with Gasteiger partial charge < -0.3 is 10.2 Å². The van der Waals surface area contributed by atoms with Gasteiger partial charge in [0.2, 0.25) is 0 Å². The summed E-state index contributed by atoms with van der Waals surface area (Å²) in [5.74, 6) is -0.258. The van der Waals surface area contributed by atoms with E-state index >= 15 is 0 Å². The van der Waals surface area contributed by atoms with Gasteiger partial charge in [0.1, 0.15) is 23.6 Å². The summed E-state index contributed by atoms with van der Waals surface area (Å²) in [6, 6.07) is 0. The van der Waals surface area contributed by atoms with Crippen molar-refractivity contribution in [2.45, 2.75) is 45.4 Å². The van der Waals surface area contributed by atoms with Crippen LogP contribution < -0.4 is 10.2 Å². The fraction of sp³-hybridized carbons (Fsp3) is 0.429. The lowest BCUT2D eigenvalue weighted by atomic mass is 10.0. The van der Waals surface area contributed by atoms with E-state index in [9.17, 15) is 9.18 Å². The maximum Gasteiger partial charge on any atom is 0.266 e. The fourth-order valence-corrected chi connectivity index (χ4v) is 3.24. The van der Waals surface area contributed by atoms with Gasteiger partial charge in [-0.2, -0.15) is 0 Å². The third-order valence-corrected chi connectivity index (χ3v) is 4.77. The number of rotatable bonds is 6. The topological polar surface area (TPSA) is 70.5 Å². The number of unbranched alkanes of at least 4 members (excludes halogenated alkanes) is 2. The molecule has 0 fully saturated rings. The maximum absolute atomic E-state index is 14.1. The van der Waals surface area contributed by atoms with Crippen LogP contribution in [0.3, 0.4) is 0 Å². The van der Waals surface area contributed by atoms with Gasteiger partial charge >= 0.3 is 0 Å². The molecule has 1 amide bonds. The molecule has 0 aliphatic carbocycles. The van der Waals surface area contributed by atoms with Gasteiger partial charge in [-0.1, -0.05) is 44.9 Å². The molecule has 28 heavy (non-hydrogen) atoms. The quantitative estimate of drug-likeness (QED) is 0.751. The summed E-state index contributed by atoms with van der Waals surface area (Å²) in [7, 11) is 0. The van der Waals surface area contributed by atoms with Crippen molar-refractivity contribution in [2.75, 3.05) is 18.0 Å². The number of amides is 1. The van der Waals surface area contributed by atoms with Crippen LogP contribution in [0.15, 0.2) is 47.7 Å². The van der Waals surface area contributed by atoms with Gasteiger partial charge in [-0.25, -0.2) is 19.4 Å². The lowest BCUT2D eigenvalue weighted by Gasteiger charge is -2.20. The first-order valence-electron chi connectivity index (χ1n) is 9.80. The minimum Gasteiger partial charge on any atom is -0.351 e. The summed E-state index contributed by atoms with van der Waals surface area (Å²) in [6.45, 7) is 5.22. The van der Waals surface area contributed by atoms with Crippen molar-refractivity contribution in [3.63, 3.8) is 0 Å². The SMILES string of the molecule is CCCCCNC(=O)C1=Nc2c(ncnc2N2/C=C(F)/C=C\C=C\CC2)C1C. The number of fused-ring (bicyclic) bond motifs is 1. The molecule has 0 aromatic carbocycles. The first-order valence-corrected chi connectivity index (χ1v) is 9.80.